The van der Waals surface area contributed by atoms with Crippen LogP contribution in [0.5, 0.6) is 0 Å². The SMILES string of the molecule is CCN1CCCC1CN(C)C(=NC)NCCc1csc(N2CCCC2)n1.I. The predicted molar refractivity (Wildman–Crippen MR) is 127 cm³/mol. The minimum atomic E-state index is 0. The summed E-state index contributed by atoms with van der Waals surface area (Å²) in [5.41, 5.74) is 1.19. The van der Waals surface area contributed by atoms with Gasteiger partial charge in [-0.15, -0.1) is 35.3 Å². The molecule has 6 nitrogen and oxygen atoms in total. The molecular weight excluding hydrogens is 471 g/mol. The first kappa shape index (κ1) is 22.7. The molecule has 0 spiro atoms. The van der Waals surface area contributed by atoms with Gasteiger partial charge in [-0.25, -0.2) is 4.98 Å². The summed E-state index contributed by atoms with van der Waals surface area (Å²) in [5, 5.41) is 6.91. The third-order valence-corrected chi connectivity index (χ3v) is 6.49. The highest BCUT2D eigenvalue weighted by molar-refractivity contribution is 14.0. The van der Waals surface area contributed by atoms with E-state index in [-0.39, 0.29) is 24.0 Å². The van der Waals surface area contributed by atoms with Crippen molar-refractivity contribution >= 4 is 46.4 Å². The maximum Gasteiger partial charge on any atom is 0.193 e. The van der Waals surface area contributed by atoms with Crippen molar-refractivity contribution in [3.63, 3.8) is 0 Å². The Kier molecular flexibility index (Phi) is 9.58. The van der Waals surface area contributed by atoms with Crippen LogP contribution in [0.15, 0.2) is 10.4 Å². The van der Waals surface area contributed by atoms with Gasteiger partial charge in [0.1, 0.15) is 0 Å². The van der Waals surface area contributed by atoms with Crippen molar-refractivity contribution in [1.82, 2.24) is 20.1 Å². The summed E-state index contributed by atoms with van der Waals surface area (Å²) >= 11 is 1.78. The van der Waals surface area contributed by atoms with Crippen molar-refractivity contribution in [1.29, 1.82) is 0 Å². The monoisotopic (exact) mass is 506 g/mol. The molecule has 3 heterocycles. The Balaban J connectivity index is 0.00000261. The summed E-state index contributed by atoms with van der Waals surface area (Å²) in [6, 6.07) is 0.658. The first-order valence-electron chi connectivity index (χ1n) is 10.1. The van der Waals surface area contributed by atoms with E-state index in [0.29, 0.717) is 6.04 Å². The molecule has 1 aromatic heterocycles. The lowest BCUT2D eigenvalue weighted by Crippen LogP contribution is -2.46. The van der Waals surface area contributed by atoms with Gasteiger partial charge in [0, 0.05) is 58.1 Å². The molecule has 1 unspecified atom stereocenters. The summed E-state index contributed by atoms with van der Waals surface area (Å²) < 4.78 is 0. The zero-order chi connectivity index (χ0) is 18.4. The van der Waals surface area contributed by atoms with Crippen LogP contribution in [0.2, 0.25) is 0 Å². The third kappa shape index (κ3) is 6.19. The third-order valence-electron chi connectivity index (χ3n) is 5.54. The lowest BCUT2D eigenvalue weighted by molar-refractivity contribution is 0.233. The molecule has 154 valence electrons. The zero-order valence-electron chi connectivity index (χ0n) is 17.0. The fourth-order valence-corrected chi connectivity index (χ4v) is 4.99. The number of likely N-dealkylation sites (N-methyl/N-ethyl adjacent to an activating group) is 2. The number of guanidine groups is 1. The van der Waals surface area contributed by atoms with Crippen LogP contribution in [0.4, 0.5) is 5.13 Å². The molecular formula is C19H35IN6S. The molecule has 2 aliphatic rings. The van der Waals surface area contributed by atoms with Crippen LogP contribution in [-0.2, 0) is 6.42 Å². The van der Waals surface area contributed by atoms with Gasteiger partial charge in [0.2, 0.25) is 0 Å². The number of anilines is 1. The molecule has 2 aliphatic heterocycles. The molecule has 1 atom stereocenters. The Morgan fingerprint density at radius 2 is 2.11 bits per heavy atom. The number of nitrogens with zero attached hydrogens (tertiary/aromatic N) is 5. The molecule has 1 N–H and O–H groups in total. The van der Waals surface area contributed by atoms with Gasteiger partial charge < -0.3 is 15.1 Å². The van der Waals surface area contributed by atoms with Crippen molar-refractivity contribution in [2.75, 3.05) is 58.3 Å². The Morgan fingerprint density at radius 3 is 2.81 bits per heavy atom. The van der Waals surface area contributed by atoms with E-state index >= 15 is 0 Å². The molecule has 0 aromatic carbocycles. The summed E-state index contributed by atoms with van der Waals surface area (Å²) in [6.45, 7) is 8.90. The van der Waals surface area contributed by atoms with E-state index in [2.05, 4.69) is 44.4 Å². The highest BCUT2D eigenvalue weighted by Crippen LogP contribution is 2.24. The largest absolute Gasteiger partial charge is 0.356 e. The number of aliphatic imine (C=N–C) groups is 1. The van der Waals surface area contributed by atoms with Gasteiger partial charge in [-0.3, -0.25) is 9.89 Å². The minimum absolute atomic E-state index is 0. The molecule has 0 amide bonds. The minimum Gasteiger partial charge on any atom is -0.356 e. The van der Waals surface area contributed by atoms with Crippen LogP contribution in [0.25, 0.3) is 0 Å². The fraction of sp³-hybridized carbons (Fsp3) is 0.789. The van der Waals surface area contributed by atoms with Gasteiger partial charge in [0.15, 0.2) is 11.1 Å². The predicted octanol–water partition coefficient (Wildman–Crippen LogP) is 2.90. The van der Waals surface area contributed by atoms with Gasteiger partial charge in [-0.2, -0.15) is 0 Å². The van der Waals surface area contributed by atoms with Crippen LogP contribution >= 0.6 is 35.3 Å². The molecule has 0 saturated carbocycles. The van der Waals surface area contributed by atoms with Gasteiger partial charge in [0.25, 0.3) is 0 Å². The maximum atomic E-state index is 4.81. The van der Waals surface area contributed by atoms with Crippen LogP contribution < -0.4 is 10.2 Å². The first-order valence-corrected chi connectivity index (χ1v) is 10.9. The highest BCUT2D eigenvalue weighted by atomic mass is 127. The molecule has 0 bridgehead atoms. The van der Waals surface area contributed by atoms with Crippen molar-refractivity contribution in [2.24, 2.45) is 4.99 Å². The summed E-state index contributed by atoms with van der Waals surface area (Å²) in [7, 11) is 4.02. The smallest absolute Gasteiger partial charge is 0.193 e. The van der Waals surface area contributed by atoms with Crippen LogP contribution in [0, 0.1) is 0 Å². The molecule has 0 radical (unpaired) electrons. The van der Waals surface area contributed by atoms with E-state index in [0.717, 1.165) is 32.0 Å². The van der Waals surface area contributed by atoms with Gasteiger partial charge in [-0.1, -0.05) is 6.92 Å². The number of hydrogen-bond acceptors (Lipinski definition) is 5. The number of rotatable bonds is 7. The van der Waals surface area contributed by atoms with Crippen molar-refractivity contribution in [3.8, 4) is 0 Å². The number of halogens is 1. The Labute approximate surface area is 185 Å². The standard InChI is InChI=1S/C19H34N6S.HI/c1-4-24-13-7-8-17(24)14-23(3)18(20-2)21-10-9-16-15-26-19(22-16)25-11-5-6-12-25;/h15,17H,4-14H2,1-3H3,(H,20,21);1H. The lowest BCUT2D eigenvalue weighted by Gasteiger charge is -2.29. The molecule has 27 heavy (non-hydrogen) atoms. The summed E-state index contributed by atoms with van der Waals surface area (Å²) in [5.74, 6) is 0.989. The Bertz CT molecular complexity index is 587. The highest BCUT2D eigenvalue weighted by Gasteiger charge is 2.25. The van der Waals surface area contributed by atoms with E-state index in [9.17, 15) is 0 Å². The zero-order valence-corrected chi connectivity index (χ0v) is 20.1. The normalized spacial score (nSPS) is 20.8. The van der Waals surface area contributed by atoms with Crippen LogP contribution in [0.1, 0.15) is 38.3 Å². The van der Waals surface area contributed by atoms with Crippen molar-refractivity contribution in [2.45, 2.75) is 45.1 Å². The first-order chi connectivity index (χ1) is 12.7. The number of aromatic nitrogens is 1. The average molecular weight is 507 g/mol. The second-order valence-electron chi connectivity index (χ2n) is 7.34. The second-order valence-corrected chi connectivity index (χ2v) is 8.18. The second kappa shape index (κ2) is 11.4. The molecule has 0 aliphatic carbocycles. The Hall–Kier alpha value is -0.610. The molecule has 3 rings (SSSR count). The number of nitrogens with one attached hydrogen (secondary N) is 1. The van der Waals surface area contributed by atoms with E-state index in [4.69, 9.17) is 4.98 Å². The fourth-order valence-electron chi connectivity index (χ4n) is 4.07. The van der Waals surface area contributed by atoms with E-state index in [1.165, 1.54) is 56.1 Å². The summed E-state index contributed by atoms with van der Waals surface area (Å²) in [6.07, 6.45) is 6.17. The van der Waals surface area contributed by atoms with E-state index in [1.807, 2.05) is 7.05 Å². The average Bonchev–Trinajstić information content (AvgIpc) is 3.39. The van der Waals surface area contributed by atoms with Crippen molar-refractivity contribution in [3.05, 3.63) is 11.1 Å². The lowest BCUT2D eigenvalue weighted by atomic mass is 10.2. The van der Waals surface area contributed by atoms with Gasteiger partial charge in [-0.05, 0) is 38.8 Å². The summed E-state index contributed by atoms with van der Waals surface area (Å²) in [4.78, 5) is 16.5. The number of thiazole rings is 1. The van der Waals surface area contributed by atoms with Gasteiger partial charge >= 0.3 is 0 Å². The molecule has 1 aromatic rings. The Morgan fingerprint density at radius 1 is 1.33 bits per heavy atom. The van der Waals surface area contributed by atoms with Crippen molar-refractivity contribution < 1.29 is 0 Å². The van der Waals surface area contributed by atoms with E-state index < -0.39 is 0 Å². The van der Waals surface area contributed by atoms with Crippen LogP contribution in [0.3, 0.4) is 0 Å². The topological polar surface area (TPSA) is 47.0 Å². The molecule has 2 fully saturated rings. The maximum absolute atomic E-state index is 4.81. The van der Waals surface area contributed by atoms with E-state index in [1.54, 1.807) is 11.3 Å². The molecule has 8 heteroatoms. The molecule has 2 saturated heterocycles. The number of likely N-dealkylation sites (tertiary alicyclic amines) is 1. The van der Waals surface area contributed by atoms with Crippen LogP contribution in [-0.4, -0.2) is 80.1 Å². The quantitative estimate of drug-likeness (QED) is 0.350. The van der Waals surface area contributed by atoms with Gasteiger partial charge in [0.05, 0.1) is 5.69 Å². The number of hydrogen-bond donors (Lipinski definition) is 1.